The normalized spacial score (nSPS) is 12.0. The van der Waals surface area contributed by atoms with E-state index in [9.17, 15) is 9.59 Å². The predicted molar refractivity (Wildman–Crippen MR) is 103 cm³/mol. The van der Waals surface area contributed by atoms with Crippen molar-refractivity contribution in [2.75, 3.05) is 0 Å². The second-order valence-electron chi connectivity index (χ2n) is 6.00. The molecule has 0 unspecified atom stereocenters. The zero-order valence-corrected chi connectivity index (χ0v) is 15.7. The Bertz CT molecular complexity index is 1080. The van der Waals surface area contributed by atoms with E-state index in [1.165, 1.54) is 30.6 Å². The summed E-state index contributed by atoms with van der Waals surface area (Å²) in [7, 11) is 0. The number of hydrogen-bond acceptors (Lipinski definition) is 7. The van der Waals surface area contributed by atoms with E-state index in [-0.39, 0.29) is 12.3 Å². The highest BCUT2D eigenvalue weighted by molar-refractivity contribution is 7.21. The van der Waals surface area contributed by atoms with Gasteiger partial charge in [0.1, 0.15) is 5.76 Å². The molecule has 1 N–H and O–H groups in total. The van der Waals surface area contributed by atoms with Crippen LogP contribution < -0.4 is 5.32 Å². The molecule has 0 aliphatic heterocycles. The fraction of sp³-hybridized carbons (Fsp3) is 0.150. The number of fused-ring (bicyclic) bond motifs is 1. The predicted octanol–water partition coefficient (Wildman–Crippen LogP) is 4.01. The van der Waals surface area contributed by atoms with Gasteiger partial charge in [0.2, 0.25) is 5.76 Å². The zero-order chi connectivity index (χ0) is 19.5. The second kappa shape index (κ2) is 7.69. The van der Waals surface area contributed by atoms with Crippen LogP contribution in [0.15, 0.2) is 63.6 Å². The number of rotatable bonds is 6. The van der Waals surface area contributed by atoms with Crippen LogP contribution in [0, 0.1) is 0 Å². The summed E-state index contributed by atoms with van der Waals surface area (Å²) in [6, 6.07) is 14.4. The molecule has 0 radical (unpaired) electrons. The highest BCUT2D eigenvalue weighted by atomic mass is 32.1. The monoisotopic (exact) mass is 396 g/mol. The Balaban J connectivity index is 1.39. The molecular formula is C20H16N2O5S. The van der Waals surface area contributed by atoms with E-state index >= 15 is 0 Å². The number of furan rings is 2. The third-order valence-corrected chi connectivity index (χ3v) is 5.03. The van der Waals surface area contributed by atoms with Crippen LogP contribution >= 0.6 is 11.3 Å². The van der Waals surface area contributed by atoms with Crippen molar-refractivity contribution in [1.82, 2.24) is 10.3 Å². The maximum atomic E-state index is 12.3. The lowest BCUT2D eigenvalue weighted by molar-refractivity contribution is -0.129. The molecule has 0 saturated carbocycles. The summed E-state index contributed by atoms with van der Waals surface area (Å²) in [5.74, 6) is -0.0443. The number of carbonyl (C=O) groups excluding carboxylic acids is 2. The number of hydrogen-bond donors (Lipinski definition) is 1. The van der Waals surface area contributed by atoms with Crippen molar-refractivity contribution >= 4 is 33.4 Å². The Morgan fingerprint density at radius 3 is 2.82 bits per heavy atom. The number of carbonyl (C=O) groups is 2. The quantitative estimate of drug-likeness (QED) is 0.495. The highest BCUT2D eigenvalue weighted by Gasteiger charge is 2.22. The van der Waals surface area contributed by atoms with Gasteiger partial charge >= 0.3 is 5.97 Å². The van der Waals surface area contributed by atoms with Crippen LogP contribution in [0.1, 0.15) is 23.2 Å². The number of para-hydroxylation sites is 1. The van der Waals surface area contributed by atoms with Crippen LogP contribution in [0.3, 0.4) is 0 Å². The van der Waals surface area contributed by atoms with Gasteiger partial charge in [0, 0.05) is 0 Å². The molecule has 0 spiro atoms. The molecule has 1 aromatic carbocycles. The van der Waals surface area contributed by atoms with Gasteiger partial charge in [-0.05, 0) is 43.3 Å². The summed E-state index contributed by atoms with van der Waals surface area (Å²) in [6.45, 7) is 1.71. The van der Waals surface area contributed by atoms with Gasteiger partial charge in [-0.15, -0.1) is 11.3 Å². The van der Waals surface area contributed by atoms with Gasteiger partial charge in [-0.2, -0.15) is 0 Å². The van der Waals surface area contributed by atoms with E-state index in [2.05, 4.69) is 10.3 Å². The third kappa shape index (κ3) is 3.81. The third-order valence-electron chi connectivity index (χ3n) is 3.98. The molecule has 1 amide bonds. The number of esters is 1. The molecule has 1 atom stereocenters. The number of ether oxygens (including phenoxy) is 1. The van der Waals surface area contributed by atoms with Crippen molar-refractivity contribution in [1.29, 1.82) is 0 Å². The largest absolute Gasteiger partial charge is 0.467 e. The number of thiazole rings is 1. The molecular weight excluding hydrogens is 380 g/mol. The Morgan fingerprint density at radius 2 is 2.04 bits per heavy atom. The molecule has 4 rings (SSSR count). The average Bonchev–Trinajstić information content (AvgIpc) is 3.45. The summed E-state index contributed by atoms with van der Waals surface area (Å²) in [5.41, 5.74) is 0.866. The molecule has 0 fully saturated rings. The van der Waals surface area contributed by atoms with Crippen LogP contribution in [0.5, 0.6) is 0 Å². The van der Waals surface area contributed by atoms with Crippen LogP contribution in [0.25, 0.3) is 21.0 Å². The number of amides is 1. The molecule has 7 nitrogen and oxygen atoms in total. The minimum atomic E-state index is -0.974. The molecule has 8 heteroatoms. The topological polar surface area (TPSA) is 94.6 Å². The van der Waals surface area contributed by atoms with Gasteiger partial charge in [-0.1, -0.05) is 12.1 Å². The summed E-state index contributed by atoms with van der Waals surface area (Å²) in [4.78, 5) is 28.8. The van der Waals surface area contributed by atoms with Crippen LogP contribution in [0.4, 0.5) is 0 Å². The van der Waals surface area contributed by atoms with Crippen molar-refractivity contribution < 1.29 is 23.2 Å². The van der Waals surface area contributed by atoms with Crippen LogP contribution in [-0.4, -0.2) is 23.0 Å². The van der Waals surface area contributed by atoms with Gasteiger partial charge < -0.3 is 18.9 Å². The van der Waals surface area contributed by atoms with Gasteiger partial charge in [0.05, 0.1) is 23.0 Å². The minimum absolute atomic E-state index is 0.0138. The summed E-state index contributed by atoms with van der Waals surface area (Å²) in [6.07, 6.45) is 0.545. The molecule has 142 valence electrons. The summed E-state index contributed by atoms with van der Waals surface area (Å²) in [5, 5.41) is 3.31. The van der Waals surface area contributed by atoms with Crippen LogP contribution in [0.2, 0.25) is 0 Å². The number of nitrogens with zero attached hydrogens (tertiary/aromatic N) is 1. The van der Waals surface area contributed by atoms with E-state index in [1.807, 2.05) is 24.3 Å². The smallest absolute Gasteiger partial charge is 0.375 e. The average molecular weight is 396 g/mol. The second-order valence-corrected chi connectivity index (χ2v) is 7.03. The van der Waals surface area contributed by atoms with Crippen molar-refractivity contribution in [3.63, 3.8) is 0 Å². The fourth-order valence-corrected chi connectivity index (χ4v) is 3.47. The number of nitrogens with one attached hydrogen (secondary N) is 1. The van der Waals surface area contributed by atoms with Gasteiger partial charge in [0.25, 0.3) is 5.91 Å². The van der Waals surface area contributed by atoms with Gasteiger partial charge in [-0.25, -0.2) is 9.78 Å². The van der Waals surface area contributed by atoms with E-state index in [1.54, 1.807) is 18.2 Å². The minimum Gasteiger partial charge on any atom is -0.467 e. The molecule has 0 aliphatic carbocycles. The Kier molecular flexibility index (Phi) is 4.94. The summed E-state index contributed by atoms with van der Waals surface area (Å²) >= 11 is 1.47. The van der Waals surface area contributed by atoms with E-state index in [4.69, 9.17) is 13.6 Å². The Hall–Kier alpha value is -3.39. The molecule has 0 bridgehead atoms. The van der Waals surface area contributed by atoms with Crippen molar-refractivity contribution in [2.24, 2.45) is 0 Å². The lowest BCUT2D eigenvalue weighted by Gasteiger charge is -2.11. The molecule has 0 aliphatic rings. The lowest BCUT2D eigenvalue weighted by atomic mass is 10.3. The maximum absolute atomic E-state index is 12.3. The van der Waals surface area contributed by atoms with E-state index in [0.29, 0.717) is 16.5 Å². The number of aromatic nitrogens is 1. The first-order valence-corrected chi connectivity index (χ1v) is 9.38. The first-order chi connectivity index (χ1) is 13.6. The van der Waals surface area contributed by atoms with Crippen molar-refractivity contribution in [3.8, 4) is 10.8 Å². The molecule has 0 saturated heterocycles. The maximum Gasteiger partial charge on any atom is 0.375 e. The molecule has 3 aromatic heterocycles. The first-order valence-electron chi connectivity index (χ1n) is 8.57. The standard InChI is InChI=1S/C20H16N2O5S/c1-12(18(23)21-11-13-5-4-10-25-13)26-20(24)16-9-8-15(27-16)19-22-14-6-2-3-7-17(14)28-19/h2-10,12H,11H2,1H3,(H,21,23)/t12-/m0/s1. The van der Waals surface area contributed by atoms with Crippen LogP contribution in [-0.2, 0) is 16.1 Å². The Morgan fingerprint density at radius 1 is 1.18 bits per heavy atom. The zero-order valence-electron chi connectivity index (χ0n) is 14.9. The molecule has 28 heavy (non-hydrogen) atoms. The Labute approximate surface area is 163 Å². The van der Waals surface area contributed by atoms with Crippen molar-refractivity contribution in [3.05, 3.63) is 66.3 Å². The van der Waals surface area contributed by atoms with E-state index in [0.717, 1.165) is 10.2 Å². The molecule has 3 heterocycles. The van der Waals surface area contributed by atoms with Gasteiger partial charge in [0.15, 0.2) is 16.9 Å². The fourth-order valence-electron chi connectivity index (χ4n) is 2.54. The highest BCUT2D eigenvalue weighted by Crippen LogP contribution is 2.31. The first kappa shape index (κ1) is 18.0. The van der Waals surface area contributed by atoms with E-state index < -0.39 is 18.0 Å². The van der Waals surface area contributed by atoms with Gasteiger partial charge in [-0.3, -0.25) is 4.79 Å². The molecule has 4 aromatic rings. The van der Waals surface area contributed by atoms with Crippen molar-refractivity contribution in [2.45, 2.75) is 19.6 Å². The SMILES string of the molecule is C[C@H](OC(=O)c1ccc(-c2nc3ccccc3s2)o1)C(=O)NCc1ccco1. The lowest BCUT2D eigenvalue weighted by Crippen LogP contribution is -2.35. The number of benzene rings is 1. The summed E-state index contributed by atoms with van der Waals surface area (Å²) < 4.78 is 16.9.